The zero-order chi connectivity index (χ0) is 11.0. The molecule has 1 rings (SSSR count). The van der Waals surface area contributed by atoms with E-state index in [1.54, 1.807) is 6.92 Å². The number of hydrogen-bond donors (Lipinski definition) is 3. The number of halogens is 1. The lowest BCUT2D eigenvalue weighted by Crippen LogP contribution is -2.65. The zero-order valence-electron chi connectivity index (χ0n) is 7.73. The van der Waals surface area contributed by atoms with Gasteiger partial charge in [0, 0.05) is 5.92 Å². The van der Waals surface area contributed by atoms with Gasteiger partial charge in [-0.1, -0.05) is 18.5 Å². The third-order valence-corrected chi connectivity index (χ3v) is 3.62. The fourth-order valence-corrected chi connectivity index (χ4v) is 1.88. The van der Waals surface area contributed by atoms with E-state index in [0.29, 0.717) is 6.61 Å². The Morgan fingerprint density at radius 1 is 1.64 bits per heavy atom. The molecule has 14 heavy (non-hydrogen) atoms. The van der Waals surface area contributed by atoms with E-state index in [1.807, 2.05) is 0 Å². The molecule has 1 saturated heterocycles. The average Bonchev–Trinajstić information content (AvgIpc) is 2.17. The van der Waals surface area contributed by atoms with Gasteiger partial charge >= 0.3 is 5.97 Å². The largest absolute Gasteiger partial charge is 0.481 e. The van der Waals surface area contributed by atoms with Crippen molar-refractivity contribution in [2.75, 3.05) is 19.8 Å². The summed E-state index contributed by atoms with van der Waals surface area (Å²) in [6.07, 6.45) is 0. The van der Waals surface area contributed by atoms with Crippen molar-refractivity contribution in [1.82, 2.24) is 0 Å². The van der Waals surface area contributed by atoms with Crippen LogP contribution >= 0.6 is 11.6 Å². The molecule has 0 bridgehead atoms. The van der Waals surface area contributed by atoms with Crippen molar-refractivity contribution in [3.8, 4) is 0 Å². The van der Waals surface area contributed by atoms with Crippen LogP contribution in [-0.4, -0.2) is 46.2 Å². The number of carboxylic acid groups (broad SMARTS) is 1. The summed E-state index contributed by atoms with van der Waals surface area (Å²) < 4.78 is 5.00. The molecule has 6 heteroatoms. The van der Waals surface area contributed by atoms with Crippen LogP contribution in [0.1, 0.15) is 6.92 Å². The molecule has 0 aromatic carbocycles. The number of rotatable bonds is 4. The van der Waals surface area contributed by atoms with Crippen molar-refractivity contribution in [2.24, 2.45) is 11.3 Å². The normalized spacial score (nSPS) is 32.4. The summed E-state index contributed by atoms with van der Waals surface area (Å²) >= 11 is 5.95. The Bertz CT molecular complexity index is 240. The maximum absolute atomic E-state index is 11.0. The minimum absolute atomic E-state index is 0.223. The molecule has 82 valence electrons. The molecular weight excluding hydrogens is 212 g/mol. The second kappa shape index (κ2) is 3.66. The first-order chi connectivity index (χ1) is 6.44. The number of hydrogen-bond acceptors (Lipinski definition) is 4. The molecule has 0 saturated carbocycles. The highest BCUT2D eigenvalue weighted by atomic mass is 35.5. The molecule has 0 aromatic heterocycles. The van der Waals surface area contributed by atoms with Gasteiger partial charge in [-0.3, -0.25) is 4.79 Å². The van der Waals surface area contributed by atoms with E-state index in [-0.39, 0.29) is 5.92 Å². The van der Waals surface area contributed by atoms with Crippen molar-refractivity contribution in [1.29, 1.82) is 0 Å². The molecule has 2 unspecified atom stereocenters. The van der Waals surface area contributed by atoms with Crippen LogP contribution in [0.3, 0.4) is 0 Å². The maximum atomic E-state index is 11.0. The quantitative estimate of drug-likeness (QED) is 0.568. The zero-order valence-corrected chi connectivity index (χ0v) is 8.49. The molecule has 3 N–H and O–H groups in total. The fraction of sp³-hybridized carbons (Fsp3) is 0.875. The van der Waals surface area contributed by atoms with Gasteiger partial charge in [0.2, 0.25) is 0 Å². The second-order valence-electron chi connectivity index (χ2n) is 3.56. The van der Waals surface area contributed by atoms with Gasteiger partial charge in [0.15, 0.2) is 10.5 Å². The van der Waals surface area contributed by atoms with Crippen LogP contribution < -0.4 is 0 Å². The fourth-order valence-electron chi connectivity index (χ4n) is 1.55. The molecule has 1 aliphatic heterocycles. The smallest absolute Gasteiger partial charge is 0.318 e. The Hall–Kier alpha value is -0.360. The molecule has 1 fully saturated rings. The van der Waals surface area contributed by atoms with Crippen molar-refractivity contribution < 1.29 is 24.9 Å². The summed E-state index contributed by atoms with van der Waals surface area (Å²) in [7, 11) is 0. The molecule has 0 amide bonds. The lowest BCUT2D eigenvalue weighted by Gasteiger charge is -2.51. The second-order valence-corrected chi connectivity index (χ2v) is 4.12. The number of carbonyl (C=O) groups is 1. The van der Waals surface area contributed by atoms with E-state index < -0.39 is 29.7 Å². The number of aliphatic hydroxyl groups is 2. The number of alkyl halides is 1. The number of ether oxygens (including phenoxy) is 1. The molecule has 2 atom stereocenters. The van der Waals surface area contributed by atoms with E-state index in [9.17, 15) is 4.79 Å². The van der Waals surface area contributed by atoms with Crippen LogP contribution in [-0.2, 0) is 9.53 Å². The highest BCUT2D eigenvalue weighted by Crippen LogP contribution is 2.50. The van der Waals surface area contributed by atoms with Gasteiger partial charge in [-0.15, -0.1) is 0 Å². The first-order valence-electron chi connectivity index (χ1n) is 4.22. The third-order valence-electron chi connectivity index (χ3n) is 2.78. The maximum Gasteiger partial charge on any atom is 0.318 e. The average molecular weight is 225 g/mol. The minimum atomic E-state index is -1.84. The highest BCUT2D eigenvalue weighted by molar-refractivity contribution is 6.25. The van der Waals surface area contributed by atoms with E-state index >= 15 is 0 Å². The molecule has 0 aromatic rings. The van der Waals surface area contributed by atoms with E-state index in [1.165, 1.54) is 0 Å². The minimum Gasteiger partial charge on any atom is -0.481 e. The van der Waals surface area contributed by atoms with Crippen LogP contribution in [0.5, 0.6) is 0 Å². The number of carboxylic acids is 1. The van der Waals surface area contributed by atoms with E-state index in [2.05, 4.69) is 0 Å². The predicted molar refractivity (Wildman–Crippen MR) is 47.9 cm³/mol. The van der Waals surface area contributed by atoms with Crippen molar-refractivity contribution >= 4 is 17.6 Å². The summed E-state index contributed by atoms with van der Waals surface area (Å²) in [6.45, 7) is 0.525. The number of aliphatic carboxylic acids is 1. The van der Waals surface area contributed by atoms with Gasteiger partial charge < -0.3 is 20.1 Å². The van der Waals surface area contributed by atoms with Crippen LogP contribution in [0.2, 0.25) is 0 Å². The SMILES string of the molecule is CC1COC1(Cl)C(CO)(CO)C(=O)O. The highest BCUT2D eigenvalue weighted by Gasteiger charge is 2.64. The molecule has 0 aliphatic carbocycles. The summed E-state index contributed by atoms with van der Waals surface area (Å²) in [5.41, 5.74) is -1.84. The van der Waals surface area contributed by atoms with Gasteiger partial charge in [-0.2, -0.15) is 0 Å². The van der Waals surface area contributed by atoms with Gasteiger partial charge in [0.25, 0.3) is 0 Å². The molecule has 0 spiro atoms. The summed E-state index contributed by atoms with van der Waals surface area (Å²) in [5, 5.41) is 25.6. The Morgan fingerprint density at radius 3 is 2.21 bits per heavy atom. The standard InChI is InChI=1S/C8H13ClO5/c1-5-2-14-8(5,9)7(3-10,4-11)6(12)13/h5,10-11H,2-4H2,1H3,(H,12,13). The van der Waals surface area contributed by atoms with Crippen LogP contribution in [0.15, 0.2) is 0 Å². The Labute approximate surface area is 86.2 Å². The number of aliphatic hydroxyl groups excluding tert-OH is 2. The lowest BCUT2D eigenvalue weighted by atomic mass is 9.74. The Morgan fingerprint density at radius 2 is 2.14 bits per heavy atom. The Balaban J connectivity index is 3.03. The summed E-state index contributed by atoms with van der Waals surface area (Å²) in [4.78, 5) is 11.0. The Kier molecular flexibility index (Phi) is 3.06. The van der Waals surface area contributed by atoms with Crippen molar-refractivity contribution in [3.63, 3.8) is 0 Å². The van der Waals surface area contributed by atoms with Gasteiger partial charge in [-0.05, 0) is 0 Å². The summed E-state index contributed by atoms with van der Waals surface area (Å²) in [6, 6.07) is 0. The van der Waals surface area contributed by atoms with Crippen LogP contribution in [0.4, 0.5) is 0 Å². The molecule has 0 radical (unpaired) electrons. The topological polar surface area (TPSA) is 87.0 Å². The van der Waals surface area contributed by atoms with Gasteiger partial charge in [0.1, 0.15) is 0 Å². The van der Waals surface area contributed by atoms with Gasteiger partial charge in [0.05, 0.1) is 19.8 Å². The van der Waals surface area contributed by atoms with Crippen molar-refractivity contribution in [3.05, 3.63) is 0 Å². The van der Waals surface area contributed by atoms with Crippen molar-refractivity contribution in [2.45, 2.75) is 12.0 Å². The molecule has 5 nitrogen and oxygen atoms in total. The van der Waals surface area contributed by atoms with Crippen LogP contribution in [0, 0.1) is 11.3 Å². The van der Waals surface area contributed by atoms with E-state index in [0.717, 1.165) is 0 Å². The first kappa shape index (κ1) is 11.7. The summed E-state index contributed by atoms with van der Waals surface area (Å²) in [5.74, 6) is -1.58. The predicted octanol–water partition coefficient (Wildman–Crippen LogP) is -0.357. The van der Waals surface area contributed by atoms with Gasteiger partial charge in [-0.25, -0.2) is 0 Å². The van der Waals surface area contributed by atoms with Crippen LogP contribution in [0.25, 0.3) is 0 Å². The molecule has 1 heterocycles. The molecular formula is C8H13ClO5. The van der Waals surface area contributed by atoms with E-state index in [4.69, 9.17) is 31.7 Å². The molecule has 1 aliphatic rings. The first-order valence-corrected chi connectivity index (χ1v) is 4.60. The third kappa shape index (κ3) is 1.24. The lowest BCUT2D eigenvalue weighted by molar-refractivity contribution is -0.233. The monoisotopic (exact) mass is 224 g/mol.